The molecule has 6 nitrogen and oxygen atoms in total. The first-order valence-corrected chi connectivity index (χ1v) is 10.6. The number of hydrogen-bond acceptors (Lipinski definition) is 6. The number of piperazine rings is 1. The standard InChI is InChI=1S/C20H30N4O2S/c1-6-8-14-12-23(19(25)26-20(3,4)5)9-10-24(14)17-16-11-15(7-2)27-18(16)22-13-21-17/h11,13-14H,6-10,12H2,1-5H3. The molecule has 0 N–H and O–H groups in total. The summed E-state index contributed by atoms with van der Waals surface area (Å²) < 4.78 is 5.58. The fourth-order valence-corrected chi connectivity index (χ4v) is 4.43. The Labute approximate surface area is 165 Å². The fourth-order valence-electron chi connectivity index (χ4n) is 3.50. The van der Waals surface area contributed by atoms with Crippen LogP contribution in [0.15, 0.2) is 12.4 Å². The Morgan fingerprint density at radius 1 is 1.30 bits per heavy atom. The molecule has 0 radical (unpaired) electrons. The summed E-state index contributed by atoms with van der Waals surface area (Å²) in [5, 5.41) is 1.13. The van der Waals surface area contributed by atoms with Crippen LogP contribution in [0.3, 0.4) is 0 Å². The highest BCUT2D eigenvalue weighted by Gasteiger charge is 2.33. The minimum atomic E-state index is -0.472. The molecular weight excluding hydrogens is 360 g/mol. The Morgan fingerprint density at radius 3 is 2.74 bits per heavy atom. The summed E-state index contributed by atoms with van der Waals surface area (Å²) in [4.78, 5) is 28.2. The van der Waals surface area contributed by atoms with Crippen molar-refractivity contribution in [3.8, 4) is 0 Å². The zero-order chi connectivity index (χ0) is 19.6. The summed E-state index contributed by atoms with van der Waals surface area (Å²) in [6.07, 6.45) is 4.51. The van der Waals surface area contributed by atoms with Crippen LogP contribution in [-0.2, 0) is 11.2 Å². The SMILES string of the molecule is CCCC1CN(C(=O)OC(C)(C)C)CCN1c1ncnc2sc(CC)cc12. The van der Waals surface area contributed by atoms with Gasteiger partial charge in [-0.05, 0) is 39.7 Å². The van der Waals surface area contributed by atoms with Crippen LogP contribution in [0.25, 0.3) is 10.2 Å². The second-order valence-electron chi connectivity index (χ2n) is 8.04. The molecule has 0 aromatic carbocycles. The van der Waals surface area contributed by atoms with E-state index in [4.69, 9.17) is 4.74 Å². The van der Waals surface area contributed by atoms with Crippen molar-refractivity contribution in [2.45, 2.75) is 65.5 Å². The molecule has 7 heteroatoms. The van der Waals surface area contributed by atoms with Crippen LogP contribution in [0, 0.1) is 0 Å². The highest BCUT2D eigenvalue weighted by Crippen LogP contribution is 2.33. The van der Waals surface area contributed by atoms with Gasteiger partial charge >= 0.3 is 6.09 Å². The average Bonchev–Trinajstić information content (AvgIpc) is 3.04. The molecule has 3 heterocycles. The minimum absolute atomic E-state index is 0.222. The van der Waals surface area contributed by atoms with E-state index in [2.05, 4.69) is 34.8 Å². The van der Waals surface area contributed by atoms with Gasteiger partial charge in [-0.15, -0.1) is 11.3 Å². The average molecular weight is 391 g/mol. The lowest BCUT2D eigenvalue weighted by molar-refractivity contribution is 0.0211. The molecule has 148 valence electrons. The van der Waals surface area contributed by atoms with E-state index in [9.17, 15) is 4.79 Å². The van der Waals surface area contributed by atoms with Crippen molar-refractivity contribution in [3.05, 3.63) is 17.3 Å². The van der Waals surface area contributed by atoms with E-state index >= 15 is 0 Å². The van der Waals surface area contributed by atoms with Crippen molar-refractivity contribution in [2.75, 3.05) is 24.5 Å². The molecule has 0 aliphatic carbocycles. The smallest absolute Gasteiger partial charge is 0.410 e. The van der Waals surface area contributed by atoms with Crippen LogP contribution in [0.5, 0.6) is 0 Å². The number of fused-ring (bicyclic) bond motifs is 1. The van der Waals surface area contributed by atoms with E-state index in [1.165, 1.54) is 4.88 Å². The largest absolute Gasteiger partial charge is 0.444 e. The molecular formula is C20H30N4O2S. The maximum Gasteiger partial charge on any atom is 0.410 e. The predicted molar refractivity (Wildman–Crippen MR) is 111 cm³/mol. The van der Waals surface area contributed by atoms with Crippen LogP contribution in [0.1, 0.15) is 52.3 Å². The molecule has 27 heavy (non-hydrogen) atoms. The minimum Gasteiger partial charge on any atom is -0.444 e. The van der Waals surface area contributed by atoms with E-state index < -0.39 is 5.60 Å². The zero-order valence-electron chi connectivity index (χ0n) is 17.0. The van der Waals surface area contributed by atoms with Crippen LogP contribution in [0.2, 0.25) is 0 Å². The zero-order valence-corrected chi connectivity index (χ0v) is 17.8. The third kappa shape index (κ3) is 4.51. The molecule has 1 aliphatic rings. The number of carbonyl (C=O) groups excluding carboxylic acids is 1. The molecule has 1 amide bonds. The predicted octanol–water partition coefficient (Wildman–Crippen LogP) is 4.48. The first kappa shape index (κ1) is 19.9. The van der Waals surface area contributed by atoms with Crippen LogP contribution in [0.4, 0.5) is 10.6 Å². The van der Waals surface area contributed by atoms with Crippen molar-refractivity contribution in [1.82, 2.24) is 14.9 Å². The van der Waals surface area contributed by atoms with Crippen molar-refractivity contribution in [2.24, 2.45) is 0 Å². The monoisotopic (exact) mass is 390 g/mol. The van der Waals surface area contributed by atoms with Crippen molar-refractivity contribution in [3.63, 3.8) is 0 Å². The molecule has 2 aromatic heterocycles. The Hall–Kier alpha value is -1.89. The summed E-state index contributed by atoms with van der Waals surface area (Å²) in [6, 6.07) is 2.46. The van der Waals surface area contributed by atoms with E-state index in [1.54, 1.807) is 17.7 Å². The van der Waals surface area contributed by atoms with Crippen LogP contribution in [-0.4, -0.2) is 52.2 Å². The molecule has 0 spiro atoms. The number of anilines is 1. The van der Waals surface area contributed by atoms with Crippen LogP contribution < -0.4 is 4.90 Å². The number of rotatable bonds is 4. The number of amides is 1. The number of thiophene rings is 1. The Kier molecular flexibility index (Phi) is 5.89. The first-order chi connectivity index (χ1) is 12.8. The molecule has 2 aromatic rings. The molecule has 1 atom stereocenters. The Balaban J connectivity index is 1.84. The summed E-state index contributed by atoms with van der Waals surface area (Å²) >= 11 is 1.74. The second kappa shape index (κ2) is 8.00. The van der Waals surface area contributed by atoms with Gasteiger partial charge in [0.25, 0.3) is 0 Å². The van der Waals surface area contributed by atoms with Crippen molar-refractivity contribution < 1.29 is 9.53 Å². The molecule has 0 bridgehead atoms. The van der Waals surface area contributed by atoms with Gasteiger partial charge in [0, 0.05) is 30.6 Å². The highest BCUT2D eigenvalue weighted by molar-refractivity contribution is 7.18. The van der Waals surface area contributed by atoms with Crippen LogP contribution >= 0.6 is 11.3 Å². The van der Waals surface area contributed by atoms with Gasteiger partial charge < -0.3 is 14.5 Å². The highest BCUT2D eigenvalue weighted by atomic mass is 32.1. The molecule has 1 unspecified atom stereocenters. The van der Waals surface area contributed by atoms with E-state index in [-0.39, 0.29) is 12.1 Å². The number of aromatic nitrogens is 2. The quantitative estimate of drug-likeness (QED) is 0.770. The van der Waals surface area contributed by atoms with Gasteiger partial charge in [0.1, 0.15) is 22.6 Å². The number of aryl methyl sites for hydroxylation is 1. The number of ether oxygens (including phenoxy) is 1. The molecule has 1 fully saturated rings. The second-order valence-corrected chi connectivity index (χ2v) is 9.16. The van der Waals surface area contributed by atoms with Gasteiger partial charge in [0.05, 0.1) is 5.39 Å². The van der Waals surface area contributed by atoms with Crippen molar-refractivity contribution >= 4 is 33.5 Å². The van der Waals surface area contributed by atoms with Gasteiger partial charge in [-0.1, -0.05) is 20.3 Å². The lowest BCUT2D eigenvalue weighted by Crippen LogP contribution is -2.56. The van der Waals surface area contributed by atoms with Crippen molar-refractivity contribution in [1.29, 1.82) is 0 Å². The van der Waals surface area contributed by atoms with Gasteiger partial charge in [0.2, 0.25) is 0 Å². The maximum absolute atomic E-state index is 12.5. The molecule has 1 saturated heterocycles. The van der Waals surface area contributed by atoms with E-state index in [0.29, 0.717) is 13.1 Å². The van der Waals surface area contributed by atoms with E-state index in [1.807, 2.05) is 25.7 Å². The van der Waals surface area contributed by atoms with Gasteiger partial charge in [-0.25, -0.2) is 14.8 Å². The summed E-state index contributed by atoms with van der Waals surface area (Å²) in [5.74, 6) is 0.998. The summed E-state index contributed by atoms with van der Waals surface area (Å²) in [5.41, 5.74) is -0.472. The summed E-state index contributed by atoms with van der Waals surface area (Å²) in [6.45, 7) is 12.1. The van der Waals surface area contributed by atoms with E-state index in [0.717, 1.165) is 41.8 Å². The first-order valence-electron chi connectivity index (χ1n) is 9.80. The third-order valence-electron chi connectivity index (χ3n) is 4.74. The Morgan fingerprint density at radius 2 is 2.07 bits per heavy atom. The lowest BCUT2D eigenvalue weighted by atomic mass is 10.1. The maximum atomic E-state index is 12.5. The fraction of sp³-hybridized carbons (Fsp3) is 0.650. The topological polar surface area (TPSA) is 58.6 Å². The normalized spacial score (nSPS) is 18.2. The molecule has 3 rings (SSSR count). The van der Waals surface area contributed by atoms with Gasteiger partial charge in [-0.3, -0.25) is 0 Å². The number of nitrogens with zero attached hydrogens (tertiary/aromatic N) is 4. The Bertz CT molecular complexity index is 799. The third-order valence-corrected chi connectivity index (χ3v) is 5.92. The molecule has 0 saturated carbocycles. The number of carbonyl (C=O) groups is 1. The lowest BCUT2D eigenvalue weighted by Gasteiger charge is -2.42. The number of hydrogen-bond donors (Lipinski definition) is 0. The molecule has 1 aliphatic heterocycles. The van der Waals surface area contributed by atoms with Gasteiger partial charge in [0.15, 0.2) is 0 Å². The summed E-state index contributed by atoms with van der Waals surface area (Å²) in [7, 11) is 0. The van der Waals surface area contributed by atoms with Gasteiger partial charge in [-0.2, -0.15) is 0 Å².